The number of hydrogen-bond donors (Lipinski definition) is 2. The number of non-ortho nitro benzene ring substituents is 1. The maximum absolute atomic E-state index is 12.9. The highest BCUT2D eigenvalue weighted by Gasteiger charge is 2.33. The molecule has 0 heterocycles. The lowest BCUT2D eigenvalue weighted by Crippen LogP contribution is -2.26. The Balaban J connectivity index is 2.33. The number of benzene rings is 2. The molecule has 12 nitrogen and oxygen atoms in total. The number of halogens is 3. The fraction of sp³-hybridized carbons (Fsp3) is 0.211. The molecule has 0 aliphatic rings. The standard InChI is InChI=1S/C19H17F3N6O6/c1-3-34-18(29)17(26-24-13-5-7-14(8-6-13)27(30)31)11(2)23-25-15-9-4-12(19(20,21)22)10-16(15)28(32)33/h4-10,24-25H,3H2,1-2H3/b23-11-,26-17-. The van der Waals surface area contributed by atoms with Gasteiger partial charge in [0.25, 0.3) is 11.4 Å². The Morgan fingerprint density at radius 1 is 1.03 bits per heavy atom. The average molecular weight is 482 g/mol. The first kappa shape index (κ1) is 25.7. The number of nitro groups is 2. The van der Waals surface area contributed by atoms with Gasteiger partial charge in [0, 0.05) is 18.2 Å². The minimum absolute atomic E-state index is 0.0134. The first-order valence-electron chi connectivity index (χ1n) is 9.35. The van der Waals surface area contributed by atoms with Crippen LogP contribution in [0.5, 0.6) is 0 Å². The highest BCUT2D eigenvalue weighted by Crippen LogP contribution is 2.35. The molecule has 180 valence electrons. The molecular formula is C19H17F3N6O6. The van der Waals surface area contributed by atoms with Gasteiger partial charge in [-0.25, -0.2) is 4.79 Å². The molecule has 0 spiro atoms. The monoisotopic (exact) mass is 482 g/mol. The van der Waals surface area contributed by atoms with Gasteiger partial charge in [-0.1, -0.05) is 0 Å². The van der Waals surface area contributed by atoms with E-state index in [2.05, 4.69) is 21.1 Å². The molecular weight excluding hydrogens is 465 g/mol. The topological polar surface area (TPSA) is 161 Å². The van der Waals surface area contributed by atoms with E-state index in [0.717, 1.165) is 6.07 Å². The zero-order chi connectivity index (χ0) is 25.5. The van der Waals surface area contributed by atoms with E-state index < -0.39 is 33.2 Å². The predicted molar refractivity (Wildman–Crippen MR) is 116 cm³/mol. The maximum Gasteiger partial charge on any atom is 0.416 e. The van der Waals surface area contributed by atoms with Crippen molar-refractivity contribution in [2.45, 2.75) is 20.0 Å². The van der Waals surface area contributed by atoms with Crippen LogP contribution < -0.4 is 10.9 Å². The van der Waals surface area contributed by atoms with Gasteiger partial charge in [-0.15, -0.1) is 0 Å². The number of esters is 1. The first-order valence-corrected chi connectivity index (χ1v) is 9.35. The molecule has 34 heavy (non-hydrogen) atoms. The Labute approximate surface area is 189 Å². The quantitative estimate of drug-likeness (QED) is 0.231. The van der Waals surface area contributed by atoms with Crippen molar-refractivity contribution in [2.75, 3.05) is 17.5 Å². The molecule has 15 heteroatoms. The molecule has 0 radical (unpaired) electrons. The van der Waals surface area contributed by atoms with Crippen LogP contribution in [0.15, 0.2) is 52.7 Å². The van der Waals surface area contributed by atoms with Crippen molar-refractivity contribution < 1.29 is 32.5 Å². The number of ether oxygens (including phenoxy) is 1. The zero-order valence-electron chi connectivity index (χ0n) is 17.6. The van der Waals surface area contributed by atoms with Crippen molar-refractivity contribution in [3.8, 4) is 0 Å². The number of anilines is 2. The number of nitro benzene ring substituents is 2. The second-order valence-electron chi connectivity index (χ2n) is 6.39. The molecule has 2 rings (SSSR count). The summed E-state index contributed by atoms with van der Waals surface area (Å²) in [6.07, 6.45) is -4.78. The number of hydrogen-bond acceptors (Lipinski definition) is 10. The predicted octanol–water partition coefficient (Wildman–Crippen LogP) is 4.34. The lowest BCUT2D eigenvalue weighted by atomic mass is 10.1. The lowest BCUT2D eigenvalue weighted by molar-refractivity contribution is -0.384. The van der Waals surface area contributed by atoms with Crippen molar-refractivity contribution in [2.24, 2.45) is 10.2 Å². The summed E-state index contributed by atoms with van der Waals surface area (Å²) in [5.41, 5.74) is 1.94. The molecule has 0 aliphatic carbocycles. The number of hydrazone groups is 2. The summed E-state index contributed by atoms with van der Waals surface area (Å²) < 4.78 is 43.4. The molecule has 0 saturated heterocycles. The van der Waals surface area contributed by atoms with E-state index >= 15 is 0 Å². The Morgan fingerprint density at radius 3 is 2.21 bits per heavy atom. The van der Waals surface area contributed by atoms with Gasteiger partial charge in [0.05, 0.1) is 33.4 Å². The minimum atomic E-state index is -4.78. The van der Waals surface area contributed by atoms with Crippen molar-refractivity contribution in [3.05, 3.63) is 68.3 Å². The number of nitrogens with zero attached hydrogens (tertiary/aromatic N) is 4. The van der Waals surface area contributed by atoms with Crippen molar-refractivity contribution in [3.63, 3.8) is 0 Å². The van der Waals surface area contributed by atoms with E-state index in [1.165, 1.54) is 38.1 Å². The second-order valence-corrected chi connectivity index (χ2v) is 6.39. The molecule has 2 aromatic rings. The molecule has 0 aliphatic heterocycles. The molecule has 0 unspecified atom stereocenters. The van der Waals surface area contributed by atoms with Crippen LogP contribution >= 0.6 is 0 Å². The lowest BCUT2D eigenvalue weighted by Gasteiger charge is -2.10. The maximum atomic E-state index is 12.9. The summed E-state index contributed by atoms with van der Waals surface area (Å²) in [5.74, 6) is -0.915. The Morgan fingerprint density at radius 2 is 1.68 bits per heavy atom. The number of nitrogens with one attached hydrogen (secondary N) is 2. The highest BCUT2D eigenvalue weighted by molar-refractivity contribution is 6.65. The SMILES string of the molecule is CCOC(=O)C(=N\Nc1ccc([N+](=O)[O-])cc1)/C(C)=N\Nc1ccc(C(F)(F)F)cc1[N+](=O)[O-]. The Kier molecular flexibility index (Phi) is 8.20. The smallest absolute Gasteiger partial charge is 0.416 e. The van der Waals surface area contributed by atoms with Gasteiger partial charge < -0.3 is 4.74 Å². The van der Waals surface area contributed by atoms with Gasteiger partial charge in [0.15, 0.2) is 5.71 Å². The summed E-state index contributed by atoms with van der Waals surface area (Å²) in [4.78, 5) is 32.6. The van der Waals surface area contributed by atoms with Gasteiger partial charge in [-0.05, 0) is 38.1 Å². The molecule has 0 atom stereocenters. The van der Waals surface area contributed by atoms with E-state index in [0.29, 0.717) is 12.1 Å². The van der Waals surface area contributed by atoms with Gasteiger partial charge in [-0.2, -0.15) is 23.4 Å². The molecule has 0 saturated carbocycles. The van der Waals surface area contributed by atoms with Crippen molar-refractivity contribution >= 4 is 40.1 Å². The number of carbonyl (C=O) groups excluding carboxylic acids is 1. The summed E-state index contributed by atoms with van der Waals surface area (Å²) in [6.45, 7) is 2.83. The van der Waals surface area contributed by atoms with Crippen LogP contribution in [0.3, 0.4) is 0 Å². The van der Waals surface area contributed by atoms with Crippen LogP contribution in [0.4, 0.5) is 35.9 Å². The van der Waals surface area contributed by atoms with Crippen LogP contribution in [0.1, 0.15) is 19.4 Å². The molecule has 0 bridgehead atoms. The first-order chi connectivity index (χ1) is 15.9. The van der Waals surface area contributed by atoms with E-state index in [4.69, 9.17) is 4.74 Å². The third kappa shape index (κ3) is 6.72. The van der Waals surface area contributed by atoms with E-state index in [-0.39, 0.29) is 35.1 Å². The van der Waals surface area contributed by atoms with Gasteiger partial charge in [-0.3, -0.25) is 31.1 Å². The molecule has 2 aromatic carbocycles. The zero-order valence-corrected chi connectivity index (χ0v) is 17.6. The Hall–Kier alpha value is -4.56. The summed E-state index contributed by atoms with van der Waals surface area (Å²) in [6, 6.07) is 6.89. The number of rotatable bonds is 9. The fourth-order valence-corrected chi connectivity index (χ4v) is 2.40. The average Bonchev–Trinajstić information content (AvgIpc) is 2.77. The molecule has 0 amide bonds. The van der Waals surface area contributed by atoms with E-state index in [9.17, 15) is 38.2 Å². The third-order valence-electron chi connectivity index (χ3n) is 4.05. The van der Waals surface area contributed by atoms with Crippen LogP contribution in [0.2, 0.25) is 0 Å². The van der Waals surface area contributed by atoms with Crippen LogP contribution in [-0.2, 0) is 15.7 Å². The highest BCUT2D eigenvalue weighted by atomic mass is 19.4. The Bertz CT molecular complexity index is 1150. The van der Waals surface area contributed by atoms with Crippen molar-refractivity contribution in [1.29, 1.82) is 0 Å². The van der Waals surface area contributed by atoms with Crippen LogP contribution in [-0.4, -0.2) is 33.8 Å². The normalized spacial score (nSPS) is 12.1. The van der Waals surface area contributed by atoms with Gasteiger partial charge in [0.2, 0.25) is 0 Å². The number of alkyl halides is 3. The number of carbonyl (C=O) groups is 1. The molecule has 0 aromatic heterocycles. The minimum Gasteiger partial charge on any atom is -0.461 e. The summed E-state index contributed by atoms with van der Waals surface area (Å²) in [7, 11) is 0. The van der Waals surface area contributed by atoms with Crippen LogP contribution in [0, 0.1) is 20.2 Å². The fourth-order valence-electron chi connectivity index (χ4n) is 2.40. The van der Waals surface area contributed by atoms with E-state index in [1.807, 2.05) is 0 Å². The van der Waals surface area contributed by atoms with Crippen molar-refractivity contribution in [1.82, 2.24) is 0 Å². The largest absolute Gasteiger partial charge is 0.461 e. The van der Waals surface area contributed by atoms with Crippen LogP contribution in [0.25, 0.3) is 0 Å². The summed E-state index contributed by atoms with van der Waals surface area (Å²) >= 11 is 0. The van der Waals surface area contributed by atoms with E-state index in [1.54, 1.807) is 0 Å². The molecule has 2 N–H and O–H groups in total. The van der Waals surface area contributed by atoms with Gasteiger partial charge in [0.1, 0.15) is 5.69 Å². The second kappa shape index (κ2) is 10.8. The summed E-state index contributed by atoms with van der Waals surface area (Å²) in [5, 5.41) is 29.6. The van der Waals surface area contributed by atoms with Gasteiger partial charge >= 0.3 is 12.1 Å². The third-order valence-corrected chi connectivity index (χ3v) is 4.05. The molecule has 0 fully saturated rings.